The average molecular weight is 1200 g/mol. The first-order valence-corrected chi connectivity index (χ1v) is 28.2. The largest absolute Gasteiger partial charge is 0.481 e. The van der Waals surface area contributed by atoms with E-state index < -0.39 is 199 Å². The maximum absolute atomic E-state index is 14.6. The average Bonchev–Trinajstić information content (AvgIpc) is 3.36. The lowest BCUT2D eigenvalue weighted by Crippen LogP contribution is -2.61. The number of rotatable bonds is 36. The van der Waals surface area contributed by atoms with E-state index in [4.69, 9.17) is 10.3 Å². The number of carbonyl (C=O) groups excluding carboxylic acids is 9. The fourth-order valence-corrected chi connectivity index (χ4v) is 9.07. The highest BCUT2D eigenvalue weighted by atomic mass is 32.3. The van der Waals surface area contributed by atoms with Gasteiger partial charge < -0.3 is 72.5 Å². The van der Waals surface area contributed by atoms with Crippen molar-refractivity contribution in [1.82, 2.24) is 42.1 Å². The van der Waals surface area contributed by atoms with Crippen molar-refractivity contribution in [2.75, 3.05) is 6.54 Å². The van der Waals surface area contributed by atoms with Crippen molar-refractivity contribution in [3.05, 3.63) is 65.7 Å². The molecule has 2 aromatic carbocycles. The first-order valence-electron chi connectivity index (χ1n) is 26.8. The van der Waals surface area contributed by atoms with E-state index in [-0.39, 0.29) is 55.0 Å². The molecule has 1 fully saturated rings. The van der Waals surface area contributed by atoms with Gasteiger partial charge in [-0.25, -0.2) is 0 Å². The Morgan fingerprint density at radius 2 is 1.02 bits per heavy atom. The Kier molecular flexibility index (Phi) is 27.6. The number of aliphatic carboxylic acids is 4. The third kappa shape index (κ3) is 24.0. The zero-order valence-electron chi connectivity index (χ0n) is 46.6. The molecular weight excluding hydrogens is 1130 g/mol. The van der Waals surface area contributed by atoms with Crippen LogP contribution in [0.5, 0.6) is 5.75 Å². The number of carbonyl (C=O) groups is 13. The third-order valence-corrected chi connectivity index (χ3v) is 13.7. The molecule has 9 atom stereocenters. The van der Waals surface area contributed by atoms with E-state index >= 15 is 0 Å². The summed E-state index contributed by atoms with van der Waals surface area (Å²) in [6.07, 6.45) is -5.04. The second-order valence-electron chi connectivity index (χ2n) is 20.4. The zero-order chi connectivity index (χ0) is 63.0. The van der Waals surface area contributed by atoms with Crippen molar-refractivity contribution in [2.24, 2.45) is 17.6 Å². The van der Waals surface area contributed by atoms with Crippen molar-refractivity contribution >= 4 is 87.4 Å². The van der Waals surface area contributed by atoms with Crippen LogP contribution in [0.3, 0.4) is 0 Å². The third-order valence-electron chi connectivity index (χ3n) is 13.3. The molecule has 2 aromatic rings. The number of carboxylic acid groups (broad SMARTS) is 4. The molecule has 0 radical (unpaired) electrons. The van der Waals surface area contributed by atoms with E-state index in [0.717, 1.165) is 17.0 Å². The molecule has 1 saturated heterocycles. The number of nitrogens with one attached hydrogen (secondary N) is 7. The number of benzene rings is 2. The van der Waals surface area contributed by atoms with Gasteiger partial charge in [0.25, 0.3) is 5.91 Å². The number of nitrogens with zero attached hydrogens (tertiary/aromatic N) is 1. The van der Waals surface area contributed by atoms with Crippen molar-refractivity contribution < 1.29 is 99.9 Å². The van der Waals surface area contributed by atoms with Crippen LogP contribution in [0.4, 0.5) is 0 Å². The van der Waals surface area contributed by atoms with Gasteiger partial charge in [0.15, 0.2) is 0 Å². The van der Waals surface area contributed by atoms with Crippen molar-refractivity contribution in [3.8, 4) is 5.75 Å². The van der Waals surface area contributed by atoms with Crippen LogP contribution in [0.15, 0.2) is 54.6 Å². The van der Waals surface area contributed by atoms with E-state index in [2.05, 4.69) is 41.4 Å². The van der Waals surface area contributed by atoms with Gasteiger partial charge >= 0.3 is 34.3 Å². The van der Waals surface area contributed by atoms with Gasteiger partial charge in [-0.2, -0.15) is 8.42 Å². The molecule has 462 valence electrons. The second kappa shape index (κ2) is 33.4. The Morgan fingerprint density at radius 3 is 1.46 bits per heavy atom. The lowest BCUT2D eigenvalue weighted by molar-refractivity contribution is -0.144. The van der Waals surface area contributed by atoms with E-state index in [1.54, 1.807) is 45.9 Å². The minimum Gasteiger partial charge on any atom is -0.481 e. The van der Waals surface area contributed by atoms with Gasteiger partial charge in [0.1, 0.15) is 54.1 Å². The lowest BCUT2D eigenvalue weighted by atomic mass is 9.96. The predicted octanol–water partition coefficient (Wildman–Crippen LogP) is -0.854. The summed E-state index contributed by atoms with van der Waals surface area (Å²) < 4.78 is 36.0. The number of primary amides is 1. The van der Waals surface area contributed by atoms with Crippen LogP contribution in [0.1, 0.15) is 121 Å². The minimum atomic E-state index is -4.93. The molecule has 1 aliphatic heterocycles. The van der Waals surface area contributed by atoms with Gasteiger partial charge in [-0.3, -0.25) is 66.9 Å². The van der Waals surface area contributed by atoms with Gasteiger partial charge in [-0.1, -0.05) is 64.4 Å². The van der Waals surface area contributed by atoms with E-state index in [0.29, 0.717) is 0 Å². The molecule has 9 amide bonds. The predicted molar refractivity (Wildman–Crippen MR) is 292 cm³/mol. The molecule has 0 aromatic heterocycles. The summed E-state index contributed by atoms with van der Waals surface area (Å²) in [4.78, 5) is 172. The number of carboxylic acids is 4. The Bertz CT molecular complexity index is 2820. The maximum atomic E-state index is 14.6. The Labute approximate surface area is 483 Å². The van der Waals surface area contributed by atoms with Gasteiger partial charge in [0, 0.05) is 44.2 Å². The normalized spacial score (nSPS) is 15.9. The first-order chi connectivity index (χ1) is 39.4. The summed E-state index contributed by atoms with van der Waals surface area (Å²) in [7, 11) is -4.93. The highest BCUT2D eigenvalue weighted by Gasteiger charge is 2.42. The molecule has 0 saturated carbocycles. The number of amides is 9. The Balaban J connectivity index is 1.93. The van der Waals surface area contributed by atoms with Crippen molar-refractivity contribution in [1.29, 1.82) is 0 Å². The summed E-state index contributed by atoms with van der Waals surface area (Å²) >= 11 is 0. The SMILES string of the molecule is CC[C@H](C)[C@H](NC(=O)[C@H](CCC(=O)O)NC(=O)[C@H](CCC(=O)O)NC(=O)c1ccccc1)C(=O)N1CCC[C@H]1C(=O)N[C@@H](CCC(=O)O)C(=O)N[C@@H](CCC(=O)O)C(=O)N[C@@H](Cc1ccc(OS(=O)(=O)O)cc1)C(=O)N[C@@H](CC(C)C)C(N)=O. The molecule has 14 N–H and O–H groups in total. The molecule has 1 aliphatic rings. The van der Waals surface area contributed by atoms with Crippen LogP contribution >= 0.6 is 0 Å². The van der Waals surface area contributed by atoms with Gasteiger partial charge in [-0.15, -0.1) is 0 Å². The van der Waals surface area contributed by atoms with Crippen LogP contribution in [0, 0.1) is 11.8 Å². The first kappa shape index (κ1) is 69.5. The number of nitrogens with two attached hydrogens (primary N) is 1. The van der Waals surface area contributed by atoms with Crippen LogP contribution in [-0.2, 0) is 74.4 Å². The number of likely N-dealkylation sites (tertiary alicyclic amines) is 1. The quantitative estimate of drug-likeness (QED) is 0.0369. The summed E-state index contributed by atoms with van der Waals surface area (Å²) in [5, 5.41) is 55.2. The Hall–Kier alpha value is -8.74. The molecule has 0 unspecified atom stereocenters. The van der Waals surface area contributed by atoms with E-state index in [9.17, 15) is 91.2 Å². The Morgan fingerprint density at radius 1 is 0.595 bits per heavy atom. The highest BCUT2D eigenvalue weighted by Crippen LogP contribution is 2.23. The standard InChI is InChI=1S/C53H73N9O21S/c1-5-29(4)44(61-50(76)36(20-24-43(69)70)57-47(73)33(17-21-40(63)64)55-46(72)31-10-7-6-8-11-31)53(79)62-25-9-12-39(62)52(78)58-35(19-23-42(67)68)48(74)56-34(18-22-41(65)66)49(75)60-38(51(77)59-37(45(54)71)26-28(2)3)27-30-13-15-32(16-14-30)83-84(80,81)82/h6-8,10-11,13-16,28-29,33-39,44H,5,9,12,17-27H2,1-4H3,(H2,54,71)(H,55,72)(H,56,74)(H,57,73)(H,58,78)(H,59,77)(H,60,75)(H,61,76)(H,63,64)(H,65,66)(H,67,68)(H,69,70)(H,80,81,82)/t29-,33-,34-,35-,36-,37-,38-,39-,44-/m0/s1. The fourth-order valence-electron chi connectivity index (χ4n) is 8.72. The number of hydrogen-bond acceptors (Lipinski definition) is 16. The molecular formula is C53H73N9O21S. The fraction of sp³-hybridized carbons (Fsp3) is 0.528. The second-order valence-corrected chi connectivity index (χ2v) is 21.4. The van der Waals surface area contributed by atoms with E-state index in [1.807, 2.05) is 0 Å². The van der Waals surface area contributed by atoms with Crippen LogP contribution < -0.4 is 47.1 Å². The summed E-state index contributed by atoms with van der Waals surface area (Å²) in [5.74, 6) is -15.8. The lowest BCUT2D eigenvalue weighted by Gasteiger charge is -2.33. The minimum absolute atomic E-state index is 0.0348. The van der Waals surface area contributed by atoms with E-state index in [1.165, 1.54) is 24.3 Å². The van der Waals surface area contributed by atoms with Gasteiger partial charge in [-0.05, 0) is 86.6 Å². The molecule has 0 spiro atoms. The molecule has 30 nitrogen and oxygen atoms in total. The van der Waals surface area contributed by atoms with Crippen molar-refractivity contribution in [2.45, 2.75) is 160 Å². The zero-order valence-corrected chi connectivity index (χ0v) is 47.4. The van der Waals surface area contributed by atoms with Gasteiger partial charge in [0.05, 0.1) is 0 Å². The molecule has 0 bridgehead atoms. The van der Waals surface area contributed by atoms with Crippen LogP contribution in [0.2, 0.25) is 0 Å². The summed E-state index contributed by atoms with van der Waals surface area (Å²) in [6, 6.07) is -0.249. The maximum Gasteiger partial charge on any atom is 0.446 e. The molecule has 3 rings (SSSR count). The van der Waals surface area contributed by atoms with Crippen molar-refractivity contribution in [3.63, 3.8) is 0 Å². The molecule has 1 heterocycles. The summed E-state index contributed by atoms with van der Waals surface area (Å²) in [6.45, 7) is 6.61. The topological polar surface area (TPSA) is 480 Å². The smallest absolute Gasteiger partial charge is 0.446 e. The molecule has 31 heteroatoms. The molecule has 84 heavy (non-hydrogen) atoms. The van der Waals surface area contributed by atoms with Gasteiger partial charge in [0.2, 0.25) is 47.3 Å². The highest BCUT2D eigenvalue weighted by molar-refractivity contribution is 7.81. The van der Waals surface area contributed by atoms with Crippen LogP contribution in [-0.4, -0.2) is 170 Å². The summed E-state index contributed by atoms with van der Waals surface area (Å²) in [5.41, 5.74) is 5.89. The number of hydrogen-bond donors (Lipinski definition) is 13. The van der Waals surface area contributed by atoms with Crippen LogP contribution in [0.25, 0.3) is 0 Å². The monoisotopic (exact) mass is 1200 g/mol. The molecule has 0 aliphatic carbocycles.